The molecule has 100 valence electrons. The van der Waals surface area contributed by atoms with Gasteiger partial charge < -0.3 is 10.1 Å². The molecule has 0 aliphatic carbocycles. The molecule has 1 N–H and O–H groups in total. The normalized spacial score (nSPS) is 25.3. The van der Waals surface area contributed by atoms with E-state index in [1.54, 1.807) is 0 Å². The number of nitrogens with one attached hydrogen (secondary N) is 1. The van der Waals surface area contributed by atoms with E-state index in [2.05, 4.69) is 19.2 Å². The highest BCUT2D eigenvalue weighted by Crippen LogP contribution is 2.28. The van der Waals surface area contributed by atoms with Gasteiger partial charge in [0.25, 0.3) is 0 Å². The van der Waals surface area contributed by atoms with Gasteiger partial charge in [0, 0.05) is 18.7 Å². The lowest BCUT2D eigenvalue weighted by Gasteiger charge is -2.24. The number of ether oxygens (including phenoxy) is 1. The quantitative estimate of drug-likeness (QED) is 0.896. The molecule has 1 aromatic carbocycles. The summed E-state index contributed by atoms with van der Waals surface area (Å²) in [5.41, 5.74) is 1.19. The van der Waals surface area contributed by atoms with Gasteiger partial charge in [-0.2, -0.15) is 0 Å². The van der Waals surface area contributed by atoms with Crippen LogP contribution in [-0.2, 0) is 4.74 Å². The summed E-state index contributed by atoms with van der Waals surface area (Å²) in [4.78, 5) is 0. The lowest BCUT2D eigenvalue weighted by atomic mass is 10.0. The van der Waals surface area contributed by atoms with Crippen LogP contribution in [0.2, 0.25) is 10.0 Å². The molecule has 1 aliphatic heterocycles. The molecule has 3 atom stereocenters. The number of benzene rings is 1. The topological polar surface area (TPSA) is 21.3 Å². The minimum Gasteiger partial charge on any atom is -0.377 e. The van der Waals surface area contributed by atoms with Gasteiger partial charge in [0.05, 0.1) is 16.1 Å². The molecule has 0 saturated carbocycles. The number of halogens is 2. The van der Waals surface area contributed by atoms with E-state index in [9.17, 15) is 0 Å². The van der Waals surface area contributed by atoms with Crippen molar-refractivity contribution in [1.29, 1.82) is 0 Å². The Balaban J connectivity index is 2.10. The Morgan fingerprint density at radius 2 is 2.17 bits per heavy atom. The summed E-state index contributed by atoms with van der Waals surface area (Å²) in [6.45, 7) is 5.13. The first-order valence-corrected chi connectivity index (χ1v) is 7.20. The minimum atomic E-state index is 0.279. The zero-order valence-corrected chi connectivity index (χ0v) is 12.3. The Kier molecular flexibility index (Phi) is 4.91. The van der Waals surface area contributed by atoms with Gasteiger partial charge in [0.1, 0.15) is 0 Å². The van der Waals surface area contributed by atoms with E-state index in [0.717, 1.165) is 19.4 Å². The van der Waals surface area contributed by atoms with E-state index in [0.29, 0.717) is 22.1 Å². The molecule has 1 aliphatic rings. The Morgan fingerprint density at radius 1 is 1.39 bits per heavy atom. The Labute approximate surface area is 119 Å². The standard InChI is InChI=1S/C14H19Cl2NO/c1-3-13(17-14-6-7-18-9(14)2)10-4-5-11(15)12(16)8-10/h4-5,8-9,13-14,17H,3,6-7H2,1-2H3. The van der Waals surface area contributed by atoms with Crippen LogP contribution in [-0.4, -0.2) is 18.8 Å². The maximum atomic E-state index is 6.08. The van der Waals surface area contributed by atoms with Gasteiger partial charge in [0.2, 0.25) is 0 Å². The Hall–Kier alpha value is -0.280. The number of hydrogen-bond donors (Lipinski definition) is 1. The molecule has 18 heavy (non-hydrogen) atoms. The van der Waals surface area contributed by atoms with Crippen LogP contribution in [0.5, 0.6) is 0 Å². The van der Waals surface area contributed by atoms with E-state index in [4.69, 9.17) is 27.9 Å². The van der Waals surface area contributed by atoms with E-state index in [1.165, 1.54) is 5.56 Å². The van der Waals surface area contributed by atoms with Gasteiger partial charge in [-0.25, -0.2) is 0 Å². The fourth-order valence-corrected chi connectivity index (χ4v) is 2.69. The SMILES string of the molecule is CCC(NC1CCOC1C)c1ccc(Cl)c(Cl)c1. The van der Waals surface area contributed by atoms with Gasteiger partial charge in [-0.3, -0.25) is 0 Å². The van der Waals surface area contributed by atoms with Crippen LogP contribution in [0.4, 0.5) is 0 Å². The largest absolute Gasteiger partial charge is 0.377 e. The summed E-state index contributed by atoms with van der Waals surface area (Å²) in [6.07, 6.45) is 2.36. The predicted molar refractivity (Wildman–Crippen MR) is 76.4 cm³/mol. The molecule has 3 unspecified atom stereocenters. The van der Waals surface area contributed by atoms with Crippen LogP contribution in [0.25, 0.3) is 0 Å². The molecule has 1 fully saturated rings. The van der Waals surface area contributed by atoms with Crippen molar-refractivity contribution in [1.82, 2.24) is 5.32 Å². The van der Waals surface area contributed by atoms with Crippen LogP contribution in [0.1, 0.15) is 38.3 Å². The summed E-state index contributed by atoms with van der Waals surface area (Å²) in [5.74, 6) is 0. The maximum absolute atomic E-state index is 6.08. The molecule has 0 radical (unpaired) electrons. The van der Waals surface area contributed by atoms with Crippen molar-refractivity contribution in [3.8, 4) is 0 Å². The van der Waals surface area contributed by atoms with E-state index >= 15 is 0 Å². The highest BCUT2D eigenvalue weighted by Gasteiger charge is 2.26. The third-order valence-electron chi connectivity index (χ3n) is 3.55. The van der Waals surface area contributed by atoms with E-state index in [1.807, 2.05) is 18.2 Å². The maximum Gasteiger partial charge on any atom is 0.0700 e. The number of hydrogen-bond acceptors (Lipinski definition) is 2. The molecule has 2 rings (SSSR count). The second-order valence-corrected chi connectivity index (χ2v) is 5.59. The zero-order valence-electron chi connectivity index (χ0n) is 10.7. The lowest BCUT2D eigenvalue weighted by Crippen LogP contribution is -2.37. The summed E-state index contributed by atoms with van der Waals surface area (Å²) >= 11 is 12.0. The Morgan fingerprint density at radius 3 is 2.72 bits per heavy atom. The van der Waals surface area contributed by atoms with Gasteiger partial charge in [-0.05, 0) is 37.5 Å². The molecule has 1 aromatic rings. The first-order chi connectivity index (χ1) is 8.61. The molecule has 0 bridgehead atoms. The van der Waals surface area contributed by atoms with Crippen LogP contribution in [0.15, 0.2) is 18.2 Å². The van der Waals surface area contributed by atoms with Crippen molar-refractivity contribution in [2.24, 2.45) is 0 Å². The highest BCUT2D eigenvalue weighted by atomic mass is 35.5. The van der Waals surface area contributed by atoms with Gasteiger partial charge in [-0.1, -0.05) is 36.2 Å². The second-order valence-electron chi connectivity index (χ2n) is 4.77. The summed E-state index contributed by atoms with van der Waals surface area (Å²) in [6, 6.07) is 6.57. The third kappa shape index (κ3) is 3.18. The average Bonchev–Trinajstić information content (AvgIpc) is 2.75. The monoisotopic (exact) mass is 287 g/mol. The minimum absolute atomic E-state index is 0.279. The van der Waals surface area contributed by atoms with Gasteiger partial charge in [-0.15, -0.1) is 0 Å². The van der Waals surface area contributed by atoms with E-state index in [-0.39, 0.29) is 6.10 Å². The van der Waals surface area contributed by atoms with Crippen molar-refractivity contribution in [3.63, 3.8) is 0 Å². The van der Waals surface area contributed by atoms with Crippen molar-refractivity contribution < 1.29 is 4.74 Å². The van der Waals surface area contributed by atoms with Gasteiger partial charge >= 0.3 is 0 Å². The fourth-order valence-electron chi connectivity index (χ4n) is 2.39. The Bertz CT molecular complexity index is 411. The van der Waals surface area contributed by atoms with Crippen molar-refractivity contribution >= 4 is 23.2 Å². The van der Waals surface area contributed by atoms with Crippen LogP contribution in [0, 0.1) is 0 Å². The molecule has 2 nitrogen and oxygen atoms in total. The van der Waals surface area contributed by atoms with Crippen molar-refractivity contribution in [2.45, 2.75) is 44.9 Å². The van der Waals surface area contributed by atoms with Crippen LogP contribution in [0.3, 0.4) is 0 Å². The summed E-state index contributed by atoms with van der Waals surface area (Å²) < 4.78 is 5.58. The molecular formula is C14H19Cl2NO. The lowest BCUT2D eigenvalue weighted by molar-refractivity contribution is 0.110. The molecule has 1 saturated heterocycles. The third-order valence-corrected chi connectivity index (χ3v) is 4.28. The molecule has 0 spiro atoms. The highest BCUT2D eigenvalue weighted by molar-refractivity contribution is 6.42. The molecule has 0 aromatic heterocycles. The summed E-state index contributed by atoms with van der Waals surface area (Å²) in [7, 11) is 0. The smallest absolute Gasteiger partial charge is 0.0700 e. The van der Waals surface area contributed by atoms with Gasteiger partial charge in [0.15, 0.2) is 0 Å². The molecular weight excluding hydrogens is 269 g/mol. The van der Waals surface area contributed by atoms with Crippen molar-refractivity contribution in [2.75, 3.05) is 6.61 Å². The second kappa shape index (κ2) is 6.25. The average molecular weight is 288 g/mol. The predicted octanol–water partition coefficient (Wildman–Crippen LogP) is 4.21. The molecule has 0 amide bonds. The first kappa shape index (κ1) is 14.1. The molecule has 1 heterocycles. The number of rotatable bonds is 4. The van der Waals surface area contributed by atoms with Crippen LogP contribution >= 0.6 is 23.2 Å². The fraction of sp³-hybridized carbons (Fsp3) is 0.571. The van der Waals surface area contributed by atoms with E-state index < -0.39 is 0 Å². The van der Waals surface area contributed by atoms with Crippen LogP contribution < -0.4 is 5.32 Å². The molecule has 4 heteroatoms. The zero-order chi connectivity index (χ0) is 13.1. The van der Waals surface area contributed by atoms with Crippen molar-refractivity contribution in [3.05, 3.63) is 33.8 Å². The summed E-state index contributed by atoms with van der Waals surface area (Å²) in [5, 5.41) is 4.87. The first-order valence-electron chi connectivity index (χ1n) is 6.44.